The molecule has 0 aliphatic rings. The molecule has 0 aliphatic heterocycles. The molecule has 1 atom stereocenters. The van der Waals surface area contributed by atoms with Gasteiger partial charge in [-0.1, -0.05) is 0 Å². The van der Waals surface area contributed by atoms with Crippen molar-refractivity contribution in [3.63, 3.8) is 0 Å². The van der Waals surface area contributed by atoms with Gasteiger partial charge in [0.1, 0.15) is 0 Å². The van der Waals surface area contributed by atoms with E-state index in [9.17, 15) is 0 Å². The number of hydrogen-bond acceptors (Lipinski definition) is 4. The summed E-state index contributed by atoms with van der Waals surface area (Å²) in [7, 11) is 0. The number of nitrogens with one attached hydrogen (secondary N) is 1. The van der Waals surface area contributed by atoms with Gasteiger partial charge in [0.2, 0.25) is 0 Å². The van der Waals surface area contributed by atoms with Gasteiger partial charge in [0.15, 0.2) is 0 Å². The van der Waals surface area contributed by atoms with Gasteiger partial charge in [-0.15, -0.1) is 0 Å². The van der Waals surface area contributed by atoms with Crippen LogP contribution in [0.1, 0.15) is 12.6 Å². The Bertz CT molecular complexity index is 398. The van der Waals surface area contributed by atoms with Crippen LogP contribution in [0.2, 0.25) is 0 Å². The molecule has 5 heteroatoms. The second kappa shape index (κ2) is 5.37. The Morgan fingerprint density at radius 3 is 2.94 bits per heavy atom. The fourth-order valence-corrected chi connectivity index (χ4v) is 1.48. The molecule has 0 saturated carbocycles. The predicted molar refractivity (Wildman–Crippen MR) is 60.6 cm³/mol. The molecule has 0 spiro atoms. The molecular formula is C11H15N5. The van der Waals surface area contributed by atoms with E-state index in [1.165, 1.54) is 0 Å². The third-order valence-electron chi connectivity index (χ3n) is 2.29. The predicted octanol–water partition coefficient (Wildman–Crippen LogP) is 0.851. The molecule has 0 fully saturated rings. The highest BCUT2D eigenvalue weighted by Gasteiger charge is 2.02. The summed E-state index contributed by atoms with van der Waals surface area (Å²) in [6, 6.07) is 0.371. The van der Waals surface area contributed by atoms with Crippen molar-refractivity contribution in [2.45, 2.75) is 26.1 Å². The molecule has 2 aromatic rings. The summed E-state index contributed by atoms with van der Waals surface area (Å²) < 4.78 is 2.05. The summed E-state index contributed by atoms with van der Waals surface area (Å²) in [6.07, 6.45) is 10.7. The van der Waals surface area contributed by atoms with Gasteiger partial charge >= 0.3 is 0 Å². The molecule has 1 unspecified atom stereocenters. The van der Waals surface area contributed by atoms with Crippen molar-refractivity contribution in [2.24, 2.45) is 0 Å². The van der Waals surface area contributed by atoms with Crippen molar-refractivity contribution in [1.82, 2.24) is 24.8 Å². The van der Waals surface area contributed by atoms with E-state index in [2.05, 4.69) is 27.2 Å². The van der Waals surface area contributed by atoms with Crippen LogP contribution in [-0.4, -0.2) is 25.6 Å². The first-order valence-electron chi connectivity index (χ1n) is 5.28. The van der Waals surface area contributed by atoms with Crippen molar-refractivity contribution in [3.05, 3.63) is 43.0 Å². The van der Waals surface area contributed by atoms with Crippen molar-refractivity contribution >= 4 is 0 Å². The SMILES string of the molecule is CC(Cn1ccnc1)NCc1cnccn1. The van der Waals surface area contributed by atoms with Gasteiger partial charge in [0, 0.05) is 50.1 Å². The zero-order valence-corrected chi connectivity index (χ0v) is 9.24. The van der Waals surface area contributed by atoms with E-state index in [1.807, 2.05) is 17.1 Å². The van der Waals surface area contributed by atoms with E-state index in [4.69, 9.17) is 0 Å². The molecule has 0 amide bonds. The van der Waals surface area contributed by atoms with Gasteiger partial charge in [-0.2, -0.15) is 0 Å². The Labute approximate surface area is 94.6 Å². The Morgan fingerprint density at radius 1 is 1.31 bits per heavy atom. The summed E-state index contributed by atoms with van der Waals surface area (Å²) >= 11 is 0. The molecule has 2 aromatic heterocycles. The summed E-state index contributed by atoms with van der Waals surface area (Å²) in [4.78, 5) is 12.2. The van der Waals surface area contributed by atoms with Crippen LogP contribution in [-0.2, 0) is 13.1 Å². The van der Waals surface area contributed by atoms with Gasteiger partial charge in [0.25, 0.3) is 0 Å². The quantitative estimate of drug-likeness (QED) is 0.806. The average molecular weight is 217 g/mol. The van der Waals surface area contributed by atoms with Crippen LogP contribution < -0.4 is 5.32 Å². The minimum atomic E-state index is 0.371. The molecule has 84 valence electrons. The molecule has 0 radical (unpaired) electrons. The number of rotatable bonds is 5. The summed E-state index contributed by atoms with van der Waals surface area (Å²) in [5.41, 5.74) is 0.958. The zero-order valence-electron chi connectivity index (χ0n) is 9.24. The molecule has 0 saturated heterocycles. The molecular weight excluding hydrogens is 202 g/mol. The number of hydrogen-bond donors (Lipinski definition) is 1. The van der Waals surface area contributed by atoms with E-state index in [1.54, 1.807) is 24.8 Å². The smallest absolute Gasteiger partial charge is 0.0946 e. The summed E-state index contributed by atoms with van der Waals surface area (Å²) in [5, 5.41) is 3.39. The lowest BCUT2D eigenvalue weighted by atomic mass is 10.3. The third kappa shape index (κ3) is 3.13. The maximum Gasteiger partial charge on any atom is 0.0946 e. The van der Waals surface area contributed by atoms with E-state index in [0.29, 0.717) is 6.04 Å². The molecule has 16 heavy (non-hydrogen) atoms. The lowest BCUT2D eigenvalue weighted by Gasteiger charge is -2.13. The Balaban J connectivity index is 1.78. The van der Waals surface area contributed by atoms with E-state index < -0.39 is 0 Å². The first-order chi connectivity index (χ1) is 7.84. The third-order valence-corrected chi connectivity index (χ3v) is 2.29. The first-order valence-corrected chi connectivity index (χ1v) is 5.28. The van der Waals surface area contributed by atoms with Crippen LogP contribution in [0.3, 0.4) is 0 Å². The van der Waals surface area contributed by atoms with Gasteiger partial charge in [0.05, 0.1) is 12.0 Å². The first kappa shape index (κ1) is 10.8. The Kier molecular flexibility index (Phi) is 3.61. The standard InChI is InChI=1S/C11H15N5/c1-10(8-16-5-4-13-9-16)15-7-11-6-12-2-3-14-11/h2-6,9-10,15H,7-8H2,1H3. The molecule has 0 aliphatic carbocycles. The minimum Gasteiger partial charge on any atom is -0.336 e. The highest BCUT2D eigenvalue weighted by Crippen LogP contribution is 1.94. The van der Waals surface area contributed by atoms with Crippen molar-refractivity contribution < 1.29 is 0 Å². The molecule has 2 heterocycles. The van der Waals surface area contributed by atoms with Crippen LogP contribution in [0.5, 0.6) is 0 Å². The normalized spacial score (nSPS) is 12.6. The van der Waals surface area contributed by atoms with E-state index in [-0.39, 0.29) is 0 Å². The summed E-state index contributed by atoms with van der Waals surface area (Å²) in [5.74, 6) is 0. The largest absolute Gasteiger partial charge is 0.336 e. The number of imidazole rings is 1. The fourth-order valence-electron chi connectivity index (χ4n) is 1.48. The molecule has 5 nitrogen and oxygen atoms in total. The number of aromatic nitrogens is 4. The van der Waals surface area contributed by atoms with E-state index in [0.717, 1.165) is 18.8 Å². The Morgan fingerprint density at radius 2 is 2.25 bits per heavy atom. The van der Waals surface area contributed by atoms with Gasteiger partial charge in [-0.3, -0.25) is 9.97 Å². The van der Waals surface area contributed by atoms with Crippen LogP contribution in [0.25, 0.3) is 0 Å². The highest BCUT2D eigenvalue weighted by atomic mass is 15.1. The zero-order chi connectivity index (χ0) is 11.2. The van der Waals surface area contributed by atoms with Crippen molar-refractivity contribution in [1.29, 1.82) is 0 Å². The Hall–Kier alpha value is -1.75. The van der Waals surface area contributed by atoms with E-state index >= 15 is 0 Å². The summed E-state index contributed by atoms with van der Waals surface area (Å²) in [6.45, 7) is 3.78. The molecule has 1 N–H and O–H groups in total. The molecule has 0 aromatic carbocycles. The second-order valence-corrected chi connectivity index (χ2v) is 3.74. The topological polar surface area (TPSA) is 55.6 Å². The van der Waals surface area contributed by atoms with Crippen LogP contribution in [0.4, 0.5) is 0 Å². The maximum atomic E-state index is 4.20. The lowest BCUT2D eigenvalue weighted by molar-refractivity contribution is 0.472. The van der Waals surface area contributed by atoms with Crippen LogP contribution >= 0.6 is 0 Å². The van der Waals surface area contributed by atoms with Gasteiger partial charge < -0.3 is 9.88 Å². The second-order valence-electron chi connectivity index (χ2n) is 3.74. The monoisotopic (exact) mass is 217 g/mol. The molecule has 0 bridgehead atoms. The van der Waals surface area contributed by atoms with Gasteiger partial charge in [-0.05, 0) is 6.92 Å². The van der Waals surface area contributed by atoms with Crippen LogP contribution in [0.15, 0.2) is 37.3 Å². The average Bonchev–Trinajstić information content (AvgIpc) is 2.81. The van der Waals surface area contributed by atoms with Gasteiger partial charge in [-0.25, -0.2) is 4.98 Å². The fraction of sp³-hybridized carbons (Fsp3) is 0.364. The number of nitrogens with zero attached hydrogens (tertiary/aromatic N) is 4. The van der Waals surface area contributed by atoms with Crippen LogP contribution in [0, 0.1) is 0 Å². The lowest BCUT2D eigenvalue weighted by Crippen LogP contribution is -2.29. The molecule has 2 rings (SSSR count). The minimum absolute atomic E-state index is 0.371. The van der Waals surface area contributed by atoms with Crippen molar-refractivity contribution in [2.75, 3.05) is 0 Å². The maximum absolute atomic E-state index is 4.20. The van der Waals surface area contributed by atoms with Crippen molar-refractivity contribution in [3.8, 4) is 0 Å². The highest BCUT2D eigenvalue weighted by molar-refractivity contribution is 4.94.